The molecule has 0 aliphatic carbocycles. The molecule has 6 heteroatoms. The van der Waals surface area contributed by atoms with Gasteiger partial charge < -0.3 is 10.2 Å². The van der Waals surface area contributed by atoms with E-state index in [2.05, 4.69) is 53.4 Å². The summed E-state index contributed by atoms with van der Waals surface area (Å²) in [7, 11) is 0. The monoisotopic (exact) mass is 322 g/mol. The average molecular weight is 322 g/mol. The Morgan fingerprint density at radius 1 is 1.08 bits per heavy atom. The summed E-state index contributed by atoms with van der Waals surface area (Å²) in [6.45, 7) is 8.08. The molecule has 3 aromatic rings. The third-order valence-corrected chi connectivity index (χ3v) is 4.47. The molecule has 0 bridgehead atoms. The van der Waals surface area contributed by atoms with Gasteiger partial charge >= 0.3 is 0 Å². The molecule has 24 heavy (non-hydrogen) atoms. The Balaban J connectivity index is 1.87. The predicted octanol–water partition coefficient (Wildman–Crippen LogP) is 2.10. The molecule has 2 aromatic heterocycles. The van der Waals surface area contributed by atoms with Crippen LogP contribution in [0.2, 0.25) is 0 Å². The number of aromatic nitrogens is 4. The van der Waals surface area contributed by atoms with Gasteiger partial charge in [0.1, 0.15) is 11.6 Å². The van der Waals surface area contributed by atoms with Gasteiger partial charge in [-0.25, -0.2) is 14.6 Å². The third-order valence-electron chi connectivity index (χ3n) is 4.47. The second-order valence-corrected chi connectivity index (χ2v) is 6.18. The fourth-order valence-electron chi connectivity index (χ4n) is 3.09. The van der Waals surface area contributed by atoms with Gasteiger partial charge in [0.25, 0.3) is 0 Å². The van der Waals surface area contributed by atoms with Crippen molar-refractivity contribution in [1.82, 2.24) is 25.1 Å². The zero-order chi connectivity index (χ0) is 16.5. The number of nitrogens with one attached hydrogen (secondary N) is 1. The molecule has 1 saturated heterocycles. The summed E-state index contributed by atoms with van der Waals surface area (Å²) in [5.74, 6) is 1.88. The summed E-state index contributed by atoms with van der Waals surface area (Å²) in [4.78, 5) is 11.9. The largest absolute Gasteiger partial charge is 0.353 e. The molecule has 0 unspecified atom stereocenters. The van der Waals surface area contributed by atoms with Gasteiger partial charge in [0.05, 0.1) is 17.3 Å². The normalized spacial score (nSPS) is 15.2. The van der Waals surface area contributed by atoms with Gasteiger partial charge in [-0.3, -0.25) is 0 Å². The molecule has 124 valence electrons. The molecule has 1 aliphatic rings. The topological polar surface area (TPSA) is 58.9 Å². The van der Waals surface area contributed by atoms with E-state index >= 15 is 0 Å². The van der Waals surface area contributed by atoms with Crippen molar-refractivity contribution in [2.45, 2.75) is 20.3 Å². The van der Waals surface area contributed by atoms with Crippen LogP contribution in [0, 0.1) is 6.92 Å². The Bertz CT molecular complexity index is 846. The first-order chi connectivity index (χ1) is 11.8. The number of hydrogen-bond donors (Lipinski definition) is 1. The highest BCUT2D eigenvalue weighted by molar-refractivity contribution is 5.88. The minimum Gasteiger partial charge on any atom is -0.353 e. The number of piperazine rings is 1. The van der Waals surface area contributed by atoms with E-state index in [-0.39, 0.29) is 0 Å². The van der Waals surface area contributed by atoms with Crippen LogP contribution in [0.25, 0.3) is 16.7 Å². The van der Waals surface area contributed by atoms with Crippen LogP contribution in [-0.4, -0.2) is 45.9 Å². The zero-order valence-corrected chi connectivity index (χ0v) is 14.2. The maximum absolute atomic E-state index is 4.80. The van der Waals surface area contributed by atoms with Crippen LogP contribution >= 0.6 is 0 Å². The van der Waals surface area contributed by atoms with Gasteiger partial charge in [-0.05, 0) is 19.1 Å². The average Bonchev–Trinajstić information content (AvgIpc) is 3.06. The van der Waals surface area contributed by atoms with Crippen molar-refractivity contribution in [3.63, 3.8) is 0 Å². The summed E-state index contributed by atoms with van der Waals surface area (Å²) < 4.78 is 1.92. The van der Waals surface area contributed by atoms with Crippen LogP contribution in [0.3, 0.4) is 0 Å². The van der Waals surface area contributed by atoms with E-state index in [0.717, 1.165) is 61.0 Å². The fourth-order valence-corrected chi connectivity index (χ4v) is 3.09. The number of rotatable bonds is 3. The highest BCUT2D eigenvalue weighted by atomic mass is 15.3. The van der Waals surface area contributed by atoms with Gasteiger partial charge in [-0.1, -0.05) is 24.6 Å². The highest BCUT2D eigenvalue weighted by Gasteiger charge is 2.19. The lowest BCUT2D eigenvalue weighted by atomic mass is 10.2. The Labute approximate surface area is 141 Å². The van der Waals surface area contributed by atoms with Gasteiger partial charge in [0.15, 0.2) is 5.65 Å². The maximum atomic E-state index is 4.80. The Morgan fingerprint density at radius 2 is 1.83 bits per heavy atom. The van der Waals surface area contributed by atoms with E-state index < -0.39 is 0 Å². The smallest absolute Gasteiger partial charge is 0.168 e. The first-order valence-corrected chi connectivity index (χ1v) is 8.53. The number of nitrogens with zero attached hydrogens (tertiary/aromatic N) is 5. The first kappa shape index (κ1) is 15.1. The number of hydrogen-bond acceptors (Lipinski definition) is 5. The van der Waals surface area contributed by atoms with Crippen molar-refractivity contribution in [3.8, 4) is 5.69 Å². The molecule has 3 heterocycles. The van der Waals surface area contributed by atoms with Crippen LogP contribution in [0.5, 0.6) is 0 Å². The maximum Gasteiger partial charge on any atom is 0.168 e. The summed E-state index contributed by atoms with van der Waals surface area (Å²) >= 11 is 0. The molecule has 1 fully saturated rings. The molecule has 0 spiro atoms. The van der Waals surface area contributed by atoms with Crippen molar-refractivity contribution in [3.05, 3.63) is 41.9 Å². The van der Waals surface area contributed by atoms with Crippen LogP contribution < -0.4 is 10.2 Å². The molecule has 0 amide bonds. The summed E-state index contributed by atoms with van der Waals surface area (Å²) in [5, 5.41) is 9.01. The summed E-state index contributed by atoms with van der Waals surface area (Å²) in [5.41, 5.74) is 3.16. The van der Waals surface area contributed by atoms with Gasteiger partial charge in [0, 0.05) is 32.6 Å². The number of anilines is 1. The summed E-state index contributed by atoms with van der Waals surface area (Å²) in [6, 6.07) is 8.37. The van der Waals surface area contributed by atoms with Gasteiger partial charge in [-0.15, -0.1) is 0 Å². The number of benzene rings is 1. The standard InChI is InChI=1S/C18H22N6/c1-3-16-21-17(23-10-8-19-9-11-23)15-12-20-24(18(15)22-16)14-6-4-13(2)5-7-14/h4-7,12,19H,3,8-11H2,1-2H3. The van der Waals surface area contributed by atoms with Crippen LogP contribution in [0.4, 0.5) is 5.82 Å². The van der Waals surface area contributed by atoms with Crippen LogP contribution in [0.1, 0.15) is 18.3 Å². The van der Waals surface area contributed by atoms with E-state index in [0.29, 0.717) is 0 Å². The second kappa shape index (κ2) is 6.20. The molecule has 6 nitrogen and oxygen atoms in total. The minimum absolute atomic E-state index is 0.814. The third kappa shape index (κ3) is 2.63. The van der Waals surface area contributed by atoms with E-state index in [4.69, 9.17) is 9.97 Å². The van der Waals surface area contributed by atoms with E-state index in [1.165, 1.54) is 5.56 Å². The molecule has 0 radical (unpaired) electrons. The Morgan fingerprint density at radius 3 is 2.54 bits per heavy atom. The SMILES string of the molecule is CCc1nc(N2CCNCC2)c2cnn(-c3ccc(C)cc3)c2n1. The van der Waals surface area contributed by atoms with E-state index in [9.17, 15) is 0 Å². The minimum atomic E-state index is 0.814. The molecule has 0 saturated carbocycles. The lowest BCUT2D eigenvalue weighted by Crippen LogP contribution is -2.44. The Kier molecular flexibility index (Phi) is 3.90. The fraction of sp³-hybridized carbons (Fsp3) is 0.389. The van der Waals surface area contributed by atoms with Crippen molar-refractivity contribution >= 4 is 16.9 Å². The van der Waals surface area contributed by atoms with Gasteiger partial charge in [0.2, 0.25) is 0 Å². The lowest BCUT2D eigenvalue weighted by molar-refractivity contribution is 0.585. The first-order valence-electron chi connectivity index (χ1n) is 8.53. The molecule has 1 aliphatic heterocycles. The molecular weight excluding hydrogens is 300 g/mol. The molecule has 1 N–H and O–H groups in total. The number of aryl methyl sites for hydroxylation is 2. The van der Waals surface area contributed by atoms with Crippen molar-refractivity contribution in [1.29, 1.82) is 0 Å². The number of fused-ring (bicyclic) bond motifs is 1. The van der Waals surface area contributed by atoms with Gasteiger partial charge in [-0.2, -0.15) is 5.10 Å². The molecule has 0 atom stereocenters. The molecule has 4 rings (SSSR count). The van der Waals surface area contributed by atoms with E-state index in [1.807, 2.05) is 10.9 Å². The molecular formula is C18H22N6. The van der Waals surface area contributed by atoms with Crippen LogP contribution in [0.15, 0.2) is 30.5 Å². The second-order valence-electron chi connectivity index (χ2n) is 6.18. The lowest BCUT2D eigenvalue weighted by Gasteiger charge is -2.29. The van der Waals surface area contributed by atoms with Crippen molar-refractivity contribution in [2.75, 3.05) is 31.1 Å². The molecule has 1 aromatic carbocycles. The predicted molar refractivity (Wildman–Crippen MR) is 95.9 cm³/mol. The van der Waals surface area contributed by atoms with Crippen molar-refractivity contribution < 1.29 is 0 Å². The van der Waals surface area contributed by atoms with Crippen LogP contribution in [-0.2, 0) is 6.42 Å². The van der Waals surface area contributed by atoms with E-state index in [1.54, 1.807) is 0 Å². The quantitative estimate of drug-likeness (QED) is 0.800. The summed E-state index contributed by atoms with van der Waals surface area (Å²) in [6.07, 6.45) is 2.71. The zero-order valence-electron chi connectivity index (χ0n) is 14.2. The Hall–Kier alpha value is -2.47. The highest BCUT2D eigenvalue weighted by Crippen LogP contribution is 2.26. The van der Waals surface area contributed by atoms with Crippen molar-refractivity contribution in [2.24, 2.45) is 0 Å².